The maximum absolute atomic E-state index is 13.7. The third-order valence-corrected chi connectivity index (χ3v) is 6.46. The molecule has 0 unspecified atom stereocenters. The van der Waals surface area contributed by atoms with Crippen LogP contribution in [0.4, 0.5) is 4.39 Å². The molecule has 2 aliphatic rings. The van der Waals surface area contributed by atoms with Crippen LogP contribution in [0.5, 0.6) is 5.88 Å². The van der Waals surface area contributed by atoms with Crippen LogP contribution in [0, 0.1) is 5.82 Å². The van der Waals surface area contributed by atoms with Gasteiger partial charge in [0, 0.05) is 24.7 Å². The highest BCUT2D eigenvalue weighted by Crippen LogP contribution is 2.36. The van der Waals surface area contributed by atoms with Gasteiger partial charge >= 0.3 is 5.97 Å². The number of carboxylic acid groups (broad SMARTS) is 1. The fraction of sp³-hybridized carbons (Fsp3) is 0.455. The summed E-state index contributed by atoms with van der Waals surface area (Å²) in [5.41, 5.74) is 0.925. The minimum Gasteiger partial charge on any atom is -0.477 e. The van der Waals surface area contributed by atoms with Crippen LogP contribution in [0.2, 0.25) is 5.15 Å². The van der Waals surface area contributed by atoms with E-state index < -0.39 is 16.9 Å². The van der Waals surface area contributed by atoms with Crippen LogP contribution < -0.4 is 10.1 Å². The molecule has 5 atom stereocenters. The van der Waals surface area contributed by atoms with Crippen molar-refractivity contribution in [2.75, 3.05) is 0 Å². The summed E-state index contributed by atoms with van der Waals surface area (Å²) in [6.45, 7) is 4.90. The van der Waals surface area contributed by atoms with Gasteiger partial charge in [0.25, 0.3) is 0 Å². The number of aromatic carboxylic acids is 1. The first-order chi connectivity index (χ1) is 14.3. The lowest BCUT2D eigenvalue weighted by molar-refractivity contribution is 0.0289. The lowest BCUT2D eigenvalue weighted by Gasteiger charge is -2.46. The summed E-state index contributed by atoms with van der Waals surface area (Å²) in [4.78, 5) is 17.9. The highest BCUT2D eigenvalue weighted by atomic mass is 35.5. The van der Waals surface area contributed by atoms with Gasteiger partial charge in [0.05, 0.1) is 6.04 Å². The van der Waals surface area contributed by atoms with E-state index in [1.165, 1.54) is 5.56 Å². The highest BCUT2D eigenvalue weighted by Gasteiger charge is 2.47. The van der Waals surface area contributed by atoms with Gasteiger partial charge in [0.2, 0.25) is 5.88 Å². The first-order valence-electron chi connectivity index (χ1n) is 10.2. The molecular weight excluding hydrogens is 409 g/mol. The Balaban J connectivity index is 1.56. The second-order valence-corrected chi connectivity index (χ2v) is 8.45. The van der Waals surface area contributed by atoms with E-state index >= 15 is 0 Å². The van der Waals surface area contributed by atoms with Crippen LogP contribution in [0.25, 0.3) is 0 Å². The number of nitrogens with one attached hydrogen (secondary N) is 1. The van der Waals surface area contributed by atoms with Crippen molar-refractivity contribution in [2.24, 2.45) is 0 Å². The first-order valence-corrected chi connectivity index (χ1v) is 10.5. The molecule has 2 aromatic rings. The normalized spacial score (nSPS) is 27.1. The Morgan fingerprint density at radius 1 is 1.37 bits per heavy atom. The molecule has 2 fully saturated rings. The summed E-state index contributed by atoms with van der Waals surface area (Å²) >= 11 is 5.78. The second-order valence-electron chi connectivity index (χ2n) is 8.09. The van der Waals surface area contributed by atoms with Gasteiger partial charge in [-0.1, -0.05) is 41.9 Å². The van der Waals surface area contributed by atoms with E-state index in [0.29, 0.717) is 6.04 Å². The number of pyridine rings is 1. The summed E-state index contributed by atoms with van der Waals surface area (Å²) < 4.78 is 19.7. The quantitative estimate of drug-likeness (QED) is 0.676. The Morgan fingerprint density at radius 2 is 2.07 bits per heavy atom. The van der Waals surface area contributed by atoms with Crippen molar-refractivity contribution < 1.29 is 19.0 Å². The summed E-state index contributed by atoms with van der Waals surface area (Å²) in [7, 11) is 0. The lowest BCUT2D eigenvalue weighted by Crippen LogP contribution is -2.65. The number of benzene rings is 1. The molecule has 4 rings (SSSR count). The molecule has 0 radical (unpaired) electrons. The van der Waals surface area contributed by atoms with Gasteiger partial charge < -0.3 is 15.2 Å². The molecule has 2 N–H and O–H groups in total. The maximum atomic E-state index is 13.7. The van der Waals surface area contributed by atoms with E-state index in [4.69, 9.17) is 16.3 Å². The molecule has 0 spiro atoms. The number of nitrogens with zero attached hydrogens (tertiary/aromatic N) is 2. The van der Waals surface area contributed by atoms with Crippen molar-refractivity contribution in [1.29, 1.82) is 0 Å². The van der Waals surface area contributed by atoms with Gasteiger partial charge in [-0.25, -0.2) is 9.18 Å². The van der Waals surface area contributed by atoms with E-state index in [-0.39, 0.29) is 35.7 Å². The summed E-state index contributed by atoms with van der Waals surface area (Å²) in [6.07, 6.45) is 1.73. The van der Waals surface area contributed by atoms with Gasteiger partial charge in [-0.15, -0.1) is 0 Å². The molecule has 1 aromatic carbocycles. The van der Waals surface area contributed by atoms with Crippen LogP contribution in [0.1, 0.15) is 42.6 Å². The fourth-order valence-corrected chi connectivity index (χ4v) is 4.92. The number of rotatable bonds is 6. The summed E-state index contributed by atoms with van der Waals surface area (Å²) in [5.74, 6) is -2.35. The zero-order chi connectivity index (χ0) is 21.4. The van der Waals surface area contributed by atoms with E-state index in [9.17, 15) is 14.3 Å². The van der Waals surface area contributed by atoms with Gasteiger partial charge in [-0.2, -0.15) is 4.98 Å². The van der Waals surface area contributed by atoms with Crippen LogP contribution in [-0.4, -0.2) is 51.2 Å². The smallest absolute Gasteiger partial charge is 0.341 e. The van der Waals surface area contributed by atoms with Crippen LogP contribution in [0.15, 0.2) is 36.4 Å². The molecule has 160 valence electrons. The molecule has 2 aliphatic heterocycles. The van der Waals surface area contributed by atoms with E-state index in [1.807, 2.05) is 25.1 Å². The molecule has 8 heteroatoms. The van der Waals surface area contributed by atoms with Gasteiger partial charge in [0.1, 0.15) is 11.7 Å². The Morgan fingerprint density at radius 3 is 2.77 bits per heavy atom. The topological polar surface area (TPSA) is 74.7 Å². The number of hydrogen-bond donors (Lipinski definition) is 2. The standard InChI is InChI=1S/C22H25ClFN3O3/c1-12-17-8-9-18(27(17)11-14-6-4-3-5-7-14)19(25-12)13(2)30-21-15(22(28)29)10-16(24)20(23)26-21/h3-7,10,12-13,17-19,25H,8-9,11H2,1-2H3,(H,28,29)/t12-,13+,17-,18+,19-/m1/s1. The minimum atomic E-state index is -1.31. The Bertz CT molecular complexity index is 929. The number of halogens is 2. The van der Waals surface area contributed by atoms with Crippen molar-refractivity contribution in [1.82, 2.24) is 15.2 Å². The molecule has 3 heterocycles. The number of carbonyl (C=O) groups is 1. The van der Waals surface area contributed by atoms with E-state index in [2.05, 4.69) is 34.3 Å². The van der Waals surface area contributed by atoms with Crippen molar-refractivity contribution in [3.05, 3.63) is 58.5 Å². The fourth-order valence-electron chi connectivity index (χ4n) is 4.79. The average Bonchev–Trinajstić information content (AvgIpc) is 3.03. The van der Waals surface area contributed by atoms with Gasteiger partial charge in [-0.3, -0.25) is 4.90 Å². The number of fused-ring (bicyclic) bond motifs is 2. The van der Waals surface area contributed by atoms with E-state index in [0.717, 1.165) is 25.5 Å². The average molecular weight is 434 g/mol. The Kier molecular flexibility index (Phi) is 5.95. The zero-order valence-electron chi connectivity index (χ0n) is 16.9. The molecule has 2 bridgehead atoms. The molecule has 0 aliphatic carbocycles. The van der Waals surface area contributed by atoms with Gasteiger partial charge in [0.15, 0.2) is 11.0 Å². The van der Waals surface area contributed by atoms with Crippen molar-refractivity contribution in [2.45, 2.75) is 63.5 Å². The molecule has 0 saturated carbocycles. The van der Waals surface area contributed by atoms with Crippen molar-refractivity contribution in [3.8, 4) is 5.88 Å². The summed E-state index contributed by atoms with van der Waals surface area (Å²) in [6, 6.07) is 12.1. The molecule has 2 saturated heterocycles. The van der Waals surface area contributed by atoms with Crippen molar-refractivity contribution in [3.63, 3.8) is 0 Å². The molecule has 30 heavy (non-hydrogen) atoms. The number of hydrogen-bond acceptors (Lipinski definition) is 5. The molecule has 0 amide bonds. The predicted octanol–water partition coefficient (Wildman–Crippen LogP) is 3.73. The van der Waals surface area contributed by atoms with Crippen LogP contribution >= 0.6 is 11.6 Å². The number of piperazine rings is 1. The second kappa shape index (κ2) is 8.49. The Labute approximate surface area is 180 Å². The largest absolute Gasteiger partial charge is 0.477 e. The molecular formula is C22H25ClFN3O3. The molecule has 6 nitrogen and oxygen atoms in total. The SMILES string of the molecule is C[C@H](Oc1nc(Cl)c(F)cc1C(=O)O)[C@H]1N[C@H](C)[C@H]2CC[C@@H]1N2Cc1ccccc1. The maximum Gasteiger partial charge on any atom is 0.341 e. The number of ether oxygens (including phenoxy) is 1. The third-order valence-electron chi connectivity index (χ3n) is 6.20. The van der Waals surface area contributed by atoms with Crippen molar-refractivity contribution >= 4 is 17.6 Å². The Hall–Kier alpha value is -2.22. The van der Waals surface area contributed by atoms with Crippen LogP contribution in [0.3, 0.4) is 0 Å². The number of carboxylic acids is 1. The van der Waals surface area contributed by atoms with E-state index in [1.54, 1.807) is 0 Å². The lowest BCUT2D eigenvalue weighted by atomic mass is 9.97. The third kappa shape index (κ3) is 4.02. The minimum absolute atomic E-state index is 0.0327. The zero-order valence-corrected chi connectivity index (χ0v) is 17.6. The van der Waals surface area contributed by atoms with Gasteiger partial charge in [-0.05, 0) is 38.3 Å². The summed E-state index contributed by atoms with van der Waals surface area (Å²) in [5, 5.41) is 12.6. The van der Waals surface area contributed by atoms with Crippen LogP contribution in [-0.2, 0) is 6.54 Å². The molecule has 1 aromatic heterocycles. The number of aromatic nitrogens is 1. The highest BCUT2D eigenvalue weighted by molar-refractivity contribution is 6.29. The monoisotopic (exact) mass is 433 g/mol. The predicted molar refractivity (Wildman–Crippen MR) is 111 cm³/mol. The first kappa shape index (κ1) is 21.0.